The van der Waals surface area contributed by atoms with E-state index in [4.69, 9.17) is 4.74 Å². The van der Waals surface area contributed by atoms with Crippen molar-refractivity contribution in [1.29, 1.82) is 0 Å². The van der Waals surface area contributed by atoms with Crippen LogP contribution in [0.2, 0.25) is 0 Å². The van der Waals surface area contributed by atoms with Gasteiger partial charge in [0.05, 0.1) is 0 Å². The van der Waals surface area contributed by atoms with Crippen molar-refractivity contribution in [1.82, 2.24) is 10.2 Å². The van der Waals surface area contributed by atoms with Gasteiger partial charge in [-0.15, -0.1) is 0 Å². The number of alkyl carbamates (subject to hydrolysis) is 1. The molecule has 0 aromatic carbocycles. The zero-order valence-corrected chi connectivity index (χ0v) is 15.0. The van der Waals surface area contributed by atoms with Crippen LogP contribution in [-0.4, -0.2) is 41.8 Å². The number of carbonyl (C=O) groups excluding carboxylic acids is 1. The number of piperidine rings is 1. The number of nitrogens with one attached hydrogen (secondary N) is 1. The third kappa shape index (κ3) is 5.45. The van der Waals surface area contributed by atoms with Crippen LogP contribution in [0.15, 0.2) is 0 Å². The summed E-state index contributed by atoms with van der Waals surface area (Å²) in [5.41, 5.74) is -0.428. The van der Waals surface area contributed by atoms with E-state index in [0.717, 1.165) is 18.9 Å². The second-order valence-electron chi connectivity index (χ2n) is 8.27. The Balaban J connectivity index is 1.92. The second kappa shape index (κ2) is 7.20. The molecule has 2 fully saturated rings. The molecule has 1 N–H and O–H groups in total. The molecule has 2 aliphatic rings. The fourth-order valence-corrected chi connectivity index (χ4v) is 3.65. The molecule has 0 aromatic heterocycles. The minimum absolute atomic E-state index is 0.223. The van der Waals surface area contributed by atoms with Crippen molar-refractivity contribution in [3.8, 4) is 0 Å². The molecule has 1 aliphatic heterocycles. The van der Waals surface area contributed by atoms with Crippen molar-refractivity contribution in [3.63, 3.8) is 0 Å². The Labute approximate surface area is 136 Å². The van der Waals surface area contributed by atoms with E-state index in [1.807, 2.05) is 20.8 Å². The van der Waals surface area contributed by atoms with Crippen LogP contribution >= 0.6 is 0 Å². The summed E-state index contributed by atoms with van der Waals surface area (Å²) in [6.07, 6.45) is 6.03. The molecule has 128 valence electrons. The summed E-state index contributed by atoms with van der Waals surface area (Å²) in [6, 6.07) is 0.879. The van der Waals surface area contributed by atoms with Crippen molar-refractivity contribution < 1.29 is 9.53 Å². The van der Waals surface area contributed by atoms with E-state index in [9.17, 15) is 4.79 Å². The zero-order chi connectivity index (χ0) is 16.3. The quantitative estimate of drug-likeness (QED) is 0.840. The topological polar surface area (TPSA) is 41.6 Å². The highest BCUT2D eigenvalue weighted by molar-refractivity contribution is 5.68. The molecule has 22 heavy (non-hydrogen) atoms. The molecule has 1 heterocycles. The van der Waals surface area contributed by atoms with E-state index in [0.29, 0.717) is 12.0 Å². The van der Waals surface area contributed by atoms with Gasteiger partial charge in [0.1, 0.15) is 5.60 Å². The van der Waals surface area contributed by atoms with Crippen LogP contribution in [0.4, 0.5) is 4.79 Å². The van der Waals surface area contributed by atoms with E-state index >= 15 is 0 Å². The molecular weight excluding hydrogens is 276 g/mol. The summed E-state index contributed by atoms with van der Waals surface area (Å²) in [6.45, 7) is 12.5. The molecule has 4 heteroatoms. The minimum Gasteiger partial charge on any atom is -0.444 e. The first-order valence-electron chi connectivity index (χ1n) is 9.02. The van der Waals surface area contributed by atoms with Gasteiger partial charge in [0.25, 0.3) is 0 Å². The fourth-order valence-electron chi connectivity index (χ4n) is 3.65. The van der Waals surface area contributed by atoms with E-state index in [2.05, 4.69) is 24.1 Å². The van der Waals surface area contributed by atoms with E-state index in [-0.39, 0.29) is 12.1 Å². The Kier molecular flexibility index (Phi) is 5.76. The van der Waals surface area contributed by atoms with E-state index in [1.54, 1.807) is 0 Å². The summed E-state index contributed by atoms with van der Waals surface area (Å²) in [5, 5.41) is 3.11. The minimum atomic E-state index is -0.428. The van der Waals surface area contributed by atoms with Gasteiger partial charge in [-0.1, -0.05) is 13.3 Å². The van der Waals surface area contributed by atoms with Crippen LogP contribution in [0.5, 0.6) is 0 Å². The number of amides is 1. The molecule has 0 radical (unpaired) electrons. The van der Waals surface area contributed by atoms with Crippen molar-refractivity contribution in [2.24, 2.45) is 11.8 Å². The lowest BCUT2D eigenvalue weighted by Gasteiger charge is -2.41. The van der Waals surface area contributed by atoms with E-state index < -0.39 is 5.60 Å². The largest absolute Gasteiger partial charge is 0.444 e. The molecule has 1 aliphatic carbocycles. The number of hydrogen-bond acceptors (Lipinski definition) is 3. The van der Waals surface area contributed by atoms with Gasteiger partial charge in [0.2, 0.25) is 0 Å². The van der Waals surface area contributed by atoms with Gasteiger partial charge in [0.15, 0.2) is 0 Å². The SMILES string of the molecule is CCCC1CC(NC(=O)OC(C)(C)C)CN(C(C)C2CC2)C1. The maximum Gasteiger partial charge on any atom is 0.407 e. The average Bonchev–Trinajstić information content (AvgIpc) is 3.19. The molecule has 1 saturated carbocycles. The van der Waals surface area contributed by atoms with Crippen molar-refractivity contribution >= 4 is 6.09 Å². The number of hydrogen-bond donors (Lipinski definition) is 1. The normalized spacial score (nSPS) is 28.2. The third-order valence-electron chi connectivity index (χ3n) is 4.86. The number of rotatable bonds is 5. The molecule has 1 saturated heterocycles. The molecule has 0 bridgehead atoms. The monoisotopic (exact) mass is 310 g/mol. The number of ether oxygens (including phenoxy) is 1. The first-order chi connectivity index (χ1) is 10.3. The Morgan fingerprint density at radius 3 is 2.55 bits per heavy atom. The number of likely N-dealkylation sites (tertiary alicyclic amines) is 1. The summed E-state index contributed by atoms with van der Waals surface area (Å²) in [7, 11) is 0. The predicted octanol–water partition coefficient (Wildman–Crippen LogP) is 3.80. The zero-order valence-electron chi connectivity index (χ0n) is 15.0. The second-order valence-corrected chi connectivity index (χ2v) is 8.27. The van der Waals surface area contributed by atoms with E-state index in [1.165, 1.54) is 32.2 Å². The summed E-state index contributed by atoms with van der Waals surface area (Å²) in [5.74, 6) is 1.57. The Hall–Kier alpha value is -0.770. The molecule has 3 unspecified atom stereocenters. The van der Waals surface area contributed by atoms with Gasteiger partial charge in [0, 0.05) is 25.2 Å². The summed E-state index contributed by atoms with van der Waals surface area (Å²) < 4.78 is 5.42. The van der Waals surface area contributed by atoms with Gasteiger partial charge < -0.3 is 10.1 Å². The van der Waals surface area contributed by atoms with Crippen LogP contribution in [0.1, 0.15) is 66.7 Å². The highest BCUT2D eigenvalue weighted by Gasteiger charge is 2.37. The highest BCUT2D eigenvalue weighted by Crippen LogP contribution is 2.37. The average molecular weight is 310 g/mol. The van der Waals surface area contributed by atoms with Crippen LogP contribution in [0.3, 0.4) is 0 Å². The first kappa shape index (κ1) is 17.6. The first-order valence-corrected chi connectivity index (χ1v) is 9.02. The van der Waals surface area contributed by atoms with Crippen molar-refractivity contribution in [2.75, 3.05) is 13.1 Å². The molecular formula is C18H34N2O2. The summed E-state index contributed by atoms with van der Waals surface area (Å²) >= 11 is 0. The van der Waals surface area contributed by atoms with Crippen LogP contribution in [-0.2, 0) is 4.74 Å². The maximum absolute atomic E-state index is 12.1. The molecule has 4 nitrogen and oxygen atoms in total. The van der Waals surface area contributed by atoms with Gasteiger partial charge >= 0.3 is 6.09 Å². The maximum atomic E-state index is 12.1. The standard InChI is InChI=1S/C18H34N2O2/c1-6-7-14-10-16(19-17(21)22-18(3,4)5)12-20(11-14)13(2)15-8-9-15/h13-16H,6-12H2,1-5H3,(H,19,21). The van der Waals surface area contributed by atoms with Crippen LogP contribution in [0, 0.1) is 11.8 Å². The van der Waals surface area contributed by atoms with Crippen molar-refractivity contribution in [2.45, 2.75) is 84.4 Å². The molecule has 2 rings (SSSR count). The molecule has 3 atom stereocenters. The lowest BCUT2D eigenvalue weighted by atomic mass is 9.89. The van der Waals surface area contributed by atoms with Crippen molar-refractivity contribution in [3.05, 3.63) is 0 Å². The Morgan fingerprint density at radius 2 is 2.00 bits per heavy atom. The lowest BCUT2D eigenvalue weighted by molar-refractivity contribution is 0.0404. The summed E-state index contributed by atoms with van der Waals surface area (Å²) in [4.78, 5) is 14.7. The van der Waals surface area contributed by atoms with Gasteiger partial charge in [-0.25, -0.2) is 4.79 Å². The Bertz CT molecular complexity index is 374. The predicted molar refractivity (Wildman–Crippen MR) is 89.9 cm³/mol. The fraction of sp³-hybridized carbons (Fsp3) is 0.944. The molecule has 1 amide bonds. The number of nitrogens with zero attached hydrogens (tertiary/aromatic N) is 1. The third-order valence-corrected chi connectivity index (χ3v) is 4.86. The van der Waals surface area contributed by atoms with Gasteiger partial charge in [-0.3, -0.25) is 4.90 Å². The lowest BCUT2D eigenvalue weighted by Crippen LogP contribution is -2.54. The van der Waals surface area contributed by atoms with Gasteiger partial charge in [-0.05, 0) is 65.2 Å². The number of carbonyl (C=O) groups is 1. The van der Waals surface area contributed by atoms with Gasteiger partial charge in [-0.2, -0.15) is 0 Å². The molecule has 0 spiro atoms. The van der Waals surface area contributed by atoms with Crippen LogP contribution in [0.25, 0.3) is 0 Å². The molecule has 0 aromatic rings. The Morgan fingerprint density at radius 1 is 1.32 bits per heavy atom. The smallest absolute Gasteiger partial charge is 0.407 e. The highest BCUT2D eigenvalue weighted by atomic mass is 16.6. The van der Waals surface area contributed by atoms with Crippen LogP contribution < -0.4 is 5.32 Å².